The van der Waals surface area contributed by atoms with Gasteiger partial charge < -0.3 is 5.32 Å². The molecule has 0 aliphatic heterocycles. The molecule has 2 rings (SSSR count). The fourth-order valence-corrected chi connectivity index (χ4v) is 3.10. The van der Waals surface area contributed by atoms with Crippen molar-refractivity contribution < 1.29 is 0 Å². The van der Waals surface area contributed by atoms with Crippen LogP contribution in [0.3, 0.4) is 0 Å². The van der Waals surface area contributed by atoms with Crippen molar-refractivity contribution in [2.24, 2.45) is 5.92 Å². The van der Waals surface area contributed by atoms with Crippen molar-refractivity contribution in [2.75, 3.05) is 0 Å². The minimum absolute atomic E-state index is 0.661. The maximum atomic E-state index is 4.27. The zero-order valence-corrected chi connectivity index (χ0v) is 10.4. The van der Waals surface area contributed by atoms with Gasteiger partial charge in [-0.15, -0.1) is 11.3 Å². The number of hydrogen-bond acceptors (Lipinski definition) is 3. The number of aryl methyl sites for hydroxylation is 1. The summed E-state index contributed by atoms with van der Waals surface area (Å²) in [5, 5.41) is 3.64. The zero-order chi connectivity index (χ0) is 10.7. The number of hydrogen-bond donors (Lipinski definition) is 1. The van der Waals surface area contributed by atoms with Gasteiger partial charge in [0.1, 0.15) is 0 Å². The smallest absolute Gasteiger partial charge is 0.0798 e. The highest BCUT2D eigenvalue weighted by Crippen LogP contribution is 2.27. The molecule has 1 N–H and O–H groups in total. The van der Waals surface area contributed by atoms with Gasteiger partial charge in [0.15, 0.2) is 0 Å². The largest absolute Gasteiger partial charge is 0.309 e. The summed E-state index contributed by atoms with van der Waals surface area (Å²) in [5.41, 5.74) is 3.12. The molecule has 15 heavy (non-hydrogen) atoms. The lowest BCUT2D eigenvalue weighted by Gasteiger charge is -2.20. The molecule has 0 radical (unpaired) electrons. The van der Waals surface area contributed by atoms with Crippen molar-refractivity contribution in [3.8, 4) is 0 Å². The molecule has 84 valence electrons. The molecule has 1 heterocycles. The van der Waals surface area contributed by atoms with Crippen LogP contribution < -0.4 is 5.32 Å². The van der Waals surface area contributed by atoms with E-state index in [-0.39, 0.29) is 0 Å². The lowest BCUT2D eigenvalue weighted by molar-refractivity contribution is 0.381. The monoisotopic (exact) mass is 224 g/mol. The predicted octanol–water partition coefficient (Wildman–Crippen LogP) is 3.12. The minimum Gasteiger partial charge on any atom is -0.309 e. The van der Waals surface area contributed by atoms with Gasteiger partial charge in [0, 0.05) is 17.5 Å². The van der Waals surface area contributed by atoms with Gasteiger partial charge >= 0.3 is 0 Å². The standard InChI is InChI=1S/C12H20N2S/c1-9(11-5-3-4-6-11)13-7-12-10(2)14-8-15-12/h8-9,11,13H,3-7H2,1-2H3/t9-/m1/s1. The molecule has 0 aromatic carbocycles. The van der Waals surface area contributed by atoms with Crippen LogP contribution in [0.25, 0.3) is 0 Å². The van der Waals surface area contributed by atoms with Crippen LogP contribution >= 0.6 is 11.3 Å². The highest BCUT2D eigenvalue weighted by Gasteiger charge is 2.21. The average molecular weight is 224 g/mol. The molecule has 3 heteroatoms. The Morgan fingerprint density at radius 3 is 2.87 bits per heavy atom. The van der Waals surface area contributed by atoms with Crippen LogP contribution in [0, 0.1) is 12.8 Å². The van der Waals surface area contributed by atoms with E-state index in [1.807, 2.05) is 5.51 Å². The molecule has 0 spiro atoms. The molecule has 2 nitrogen and oxygen atoms in total. The maximum absolute atomic E-state index is 4.27. The van der Waals surface area contributed by atoms with Gasteiger partial charge in [-0.3, -0.25) is 0 Å². The Balaban J connectivity index is 1.80. The highest BCUT2D eigenvalue weighted by atomic mass is 32.1. The van der Waals surface area contributed by atoms with Crippen LogP contribution in [-0.2, 0) is 6.54 Å². The van der Waals surface area contributed by atoms with Crippen LogP contribution in [0.4, 0.5) is 0 Å². The minimum atomic E-state index is 0.661. The molecule has 0 bridgehead atoms. The molecule has 1 atom stereocenters. The summed E-state index contributed by atoms with van der Waals surface area (Å²) >= 11 is 1.76. The first-order valence-electron chi connectivity index (χ1n) is 5.89. The van der Waals surface area contributed by atoms with Crippen molar-refractivity contribution in [1.82, 2.24) is 10.3 Å². The second-order valence-electron chi connectivity index (χ2n) is 4.58. The van der Waals surface area contributed by atoms with E-state index >= 15 is 0 Å². The Kier molecular flexibility index (Phi) is 3.76. The summed E-state index contributed by atoms with van der Waals surface area (Å²) in [6, 6.07) is 0.661. The molecule has 1 aliphatic carbocycles. The first-order chi connectivity index (χ1) is 7.27. The molecule has 1 aromatic rings. The van der Waals surface area contributed by atoms with E-state index in [1.165, 1.54) is 36.3 Å². The Bertz CT molecular complexity index is 302. The molecular formula is C12H20N2S. The topological polar surface area (TPSA) is 24.9 Å². The van der Waals surface area contributed by atoms with Crippen LogP contribution in [0.1, 0.15) is 43.2 Å². The van der Waals surface area contributed by atoms with E-state index < -0.39 is 0 Å². The summed E-state index contributed by atoms with van der Waals surface area (Å²) < 4.78 is 0. The number of thiazole rings is 1. The fourth-order valence-electron chi connectivity index (χ4n) is 2.37. The third-order valence-corrected chi connectivity index (χ3v) is 4.47. The Labute approximate surface area is 96.1 Å². The molecule has 0 saturated heterocycles. The summed E-state index contributed by atoms with van der Waals surface area (Å²) in [7, 11) is 0. The quantitative estimate of drug-likeness (QED) is 0.850. The second kappa shape index (κ2) is 5.08. The Morgan fingerprint density at radius 2 is 2.27 bits per heavy atom. The first-order valence-corrected chi connectivity index (χ1v) is 6.77. The van der Waals surface area contributed by atoms with Gasteiger partial charge in [0.25, 0.3) is 0 Å². The van der Waals surface area contributed by atoms with Gasteiger partial charge in [0.2, 0.25) is 0 Å². The summed E-state index contributed by atoms with van der Waals surface area (Å²) in [6.07, 6.45) is 5.68. The third kappa shape index (κ3) is 2.79. The number of aromatic nitrogens is 1. The van der Waals surface area contributed by atoms with Crippen molar-refractivity contribution in [3.05, 3.63) is 16.1 Å². The molecule has 1 aliphatic rings. The Hall–Kier alpha value is -0.410. The summed E-state index contributed by atoms with van der Waals surface area (Å²) in [4.78, 5) is 5.66. The first kappa shape index (κ1) is 11.1. The third-order valence-electron chi connectivity index (χ3n) is 3.54. The lowest BCUT2D eigenvalue weighted by atomic mass is 10.00. The van der Waals surface area contributed by atoms with Gasteiger partial charge in [-0.2, -0.15) is 0 Å². The van der Waals surface area contributed by atoms with Gasteiger partial charge in [-0.1, -0.05) is 12.8 Å². The van der Waals surface area contributed by atoms with Gasteiger partial charge in [-0.05, 0) is 32.6 Å². The number of nitrogens with zero attached hydrogens (tertiary/aromatic N) is 1. The van der Waals surface area contributed by atoms with Crippen molar-refractivity contribution >= 4 is 11.3 Å². The predicted molar refractivity (Wildman–Crippen MR) is 65.1 cm³/mol. The van der Waals surface area contributed by atoms with E-state index in [0.29, 0.717) is 6.04 Å². The molecule has 0 amide bonds. The summed E-state index contributed by atoms with van der Waals surface area (Å²) in [6.45, 7) is 5.41. The second-order valence-corrected chi connectivity index (χ2v) is 5.51. The van der Waals surface area contributed by atoms with Gasteiger partial charge in [0.05, 0.1) is 11.2 Å². The van der Waals surface area contributed by atoms with Crippen LogP contribution in [0.15, 0.2) is 5.51 Å². The highest BCUT2D eigenvalue weighted by molar-refractivity contribution is 7.09. The summed E-state index contributed by atoms with van der Waals surface area (Å²) in [5.74, 6) is 0.901. The SMILES string of the molecule is Cc1ncsc1CN[C@H](C)C1CCCC1. The van der Waals surface area contributed by atoms with E-state index in [9.17, 15) is 0 Å². The lowest BCUT2D eigenvalue weighted by Crippen LogP contribution is -2.31. The van der Waals surface area contributed by atoms with Crippen molar-refractivity contribution in [2.45, 2.75) is 52.1 Å². The van der Waals surface area contributed by atoms with E-state index in [4.69, 9.17) is 0 Å². The zero-order valence-electron chi connectivity index (χ0n) is 9.62. The van der Waals surface area contributed by atoms with E-state index in [2.05, 4.69) is 24.1 Å². The Morgan fingerprint density at radius 1 is 1.53 bits per heavy atom. The fraction of sp³-hybridized carbons (Fsp3) is 0.750. The molecule has 0 unspecified atom stereocenters. The van der Waals surface area contributed by atoms with E-state index in [0.717, 1.165) is 12.5 Å². The van der Waals surface area contributed by atoms with Crippen LogP contribution in [0.2, 0.25) is 0 Å². The van der Waals surface area contributed by atoms with Crippen molar-refractivity contribution in [1.29, 1.82) is 0 Å². The van der Waals surface area contributed by atoms with Crippen LogP contribution in [0.5, 0.6) is 0 Å². The molecule has 1 fully saturated rings. The molecular weight excluding hydrogens is 204 g/mol. The van der Waals surface area contributed by atoms with Gasteiger partial charge in [-0.25, -0.2) is 4.98 Å². The van der Waals surface area contributed by atoms with E-state index in [1.54, 1.807) is 11.3 Å². The molecule has 1 saturated carbocycles. The normalized spacial score (nSPS) is 19.6. The number of rotatable bonds is 4. The van der Waals surface area contributed by atoms with Crippen LogP contribution in [-0.4, -0.2) is 11.0 Å². The maximum Gasteiger partial charge on any atom is 0.0798 e. The number of nitrogens with one attached hydrogen (secondary N) is 1. The van der Waals surface area contributed by atoms with Crippen molar-refractivity contribution in [3.63, 3.8) is 0 Å². The molecule has 1 aromatic heterocycles. The average Bonchev–Trinajstić information content (AvgIpc) is 2.85.